The van der Waals surface area contributed by atoms with Crippen LogP contribution in [0.1, 0.15) is 5.76 Å². The average Bonchev–Trinajstić information content (AvgIpc) is 3.35. The molecule has 3 heterocycles. The molecule has 0 saturated carbocycles. The number of furan rings is 1. The lowest BCUT2D eigenvalue weighted by atomic mass is 10.3. The molecule has 0 aliphatic rings. The summed E-state index contributed by atoms with van der Waals surface area (Å²) in [5.41, 5.74) is 0.154. The molecule has 0 fully saturated rings. The van der Waals surface area contributed by atoms with Crippen molar-refractivity contribution in [2.75, 3.05) is 5.32 Å². The number of anilines is 1. The molecule has 1 amide bonds. The Morgan fingerprint density at radius 2 is 1.85 bits per heavy atom. The van der Waals surface area contributed by atoms with Gasteiger partial charge in [-0.3, -0.25) is 18.7 Å². The van der Waals surface area contributed by atoms with Crippen LogP contribution in [-0.4, -0.2) is 15.0 Å². The lowest BCUT2D eigenvalue weighted by Gasteiger charge is -2.12. The van der Waals surface area contributed by atoms with Crippen molar-refractivity contribution in [1.82, 2.24) is 9.13 Å². The summed E-state index contributed by atoms with van der Waals surface area (Å²) in [4.78, 5) is 38.0. The highest BCUT2D eigenvalue weighted by Crippen LogP contribution is 2.16. The fraction of sp³-hybridized carbons (Fsp3) is 0.105. The number of rotatable bonds is 5. The van der Waals surface area contributed by atoms with E-state index in [1.54, 1.807) is 35.7 Å². The molecule has 8 heteroatoms. The Labute approximate surface area is 157 Å². The van der Waals surface area contributed by atoms with Crippen LogP contribution in [0.4, 0.5) is 5.69 Å². The molecule has 0 bridgehead atoms. The fourth-order valence-electron chi connectivity index (χ4n) is 2.85. The van der Waals surface area contributed by atoms with Crippen molar-refractivity contribution in [2.45, 2.75) is 13.1 Å². The molecule has 0 aliphatic heterocycles. The first-order valence-electron chi connectivity index (χ1n) is 8.21. The Morgan fingerprint density at radius 3 is 2.59 bits per heavy atom. The third-order valence-corrected chi connectivity index (χ3v) is 4.98. The normalized spacial score (nSPS) is 11.0. The van der Waals surface area contributed by atoms with Gasteiger partial charge in [0.25, 0.3) is 5.56 Å². The third-order valence-electron chi connectivity index (χ3n) is 4.09. The van der Waals surface area contributed by atoms with Gasteiger partial charge in [0.2, 0.25) is 5.91 Å². The van der Waals surface area contributed by atoms with Crippen molar-refractivity contribution in [3.63, 3.8) is 0 Å². The number of hydrogen-bond donors (Lipinski definition) is 1. The number of amides is 1. The van der Waals surface area contributed by atoms with Crippen molar-refractivity contribution < 1.29 is 9.21 Å². The Hall–Kier alpha value is -3.39. The number of carbonyl (C=O) groups excluding carboxylic acids is 1. The number of hydrogen-bond acceptors (Lipinski definition) is 5. The summed E-state index contributed by atoms with van der Waals surface area (Å²) >= 11 is 1.24. The number of fused-ring (bicyclic) bond motifs is 1. The molecular formula is C19H15N3O4S. The van der Waals surface area contributed by atoms with Crippen molar-refractivity contribution in [3.8, 4) is 0 Å². The molecule has 7 nitrogen and oxygen atoms in total. The van der Waals surface area contributed by atoms with E-state index in [1.165, 1.54) is 22.2 Å². The van der Waals surface area contributed by atoms with E-state index in [0.29, 0.717) is 21.7 Å². The molecule has 1 aromatic carbocycles. The summed E-state index contributed by atoms with van der Waals surface area (Å²) < 4.78 is 8.09. The SMILES string of the molecule is O=C(Cn1c(=O)n(Cc2ccco2)c(=O)c2sccc21)Nc1ccccc1. The standard InChI is InChI=1S/C19H15N3O4S/c23-16(20-13-5-2-1-3-6-13)12-21-15-8-10-27-17(15)18(24)22(19(21)25)11-14-7-4-9-26-14/h1-10H,11-12H2,(H,20,23). The Bertz CT molecular complexity index is 1200. The highest BCUT2D eigenvalue weighted by atomic mass is 32.1. The van der Waals surface area contributed by atoms with E-state index in [4.69, 9.17) is 4.42 Å². The van der Waals surface area contributed by atoms with E-state index < -0.39 is 5.69 Å². The molecule has 4 rings (SSSR count). The maximum Gasteiger partial charge on any atom is 0.332 e. The van der Waals surface area contributed by atoms with Crippen LogP contribution in [0, 0.1) is 0 Å². The van der Waals surface area contributed by atoms with Gasteiger partial charge in [0.1, 0.15) is 17.0 Å². The van der Waals surface area contributed by atoms with Gasteiger partial charge in [0.05, 0.1) is 18.3 Å². The zero-order valence-corrected chi connectivity index (χ0v) is 14.9. The number of nitrogens with one attached hydrogen (secondary N) is 1. The number of benzene rings is 1. The summed E-state index contributed by atoms with van der Waals surface area (Å²) in [7, 11) is 0. The first-order chi connectivity index (χ1) is 13.1. The summed E-state index contributed by atoms with van der Waals surface area (Å²) in [6.45, 7) is -0.182. The number of carbonyl (C=O) groups is 1. The van der Waals surface area contributed by atoms with Crippen molar-refractivity contribution >= 4 is 33.1 Å². The number of para-hydroxylation sites is 1. The second-order valence-corrected chi connectivity index (χ2v) is 6.80. The second-order valence-electron chi connectivity index (χ2n) is 5.89. The molecular weight excluding hydrogens is 366 g/mol. The van der Waals surface area contributed by atoms with Gasteiger partial charge in [-0.2, -0.15) is 0 Å². The quantitative estimate of drug-likeness (QED) is 0.575. The molecule has 136 valence electrons. The molecule has 0 unspecified atom stereocenters. The third kappa shape index (κ3) is 3.34. The summed E-state index contributed by atoms with van der Waals surface area (Å²) in [6, 6.07) is 14.0. The van der Waals surface area contributed by atoms with Crippen molar-refractivity contribution in [1.29, 1.82) is 0 Å². The van der Waals surface area contributed by atoms with Gasteiger partial charge < -0.3 is 9.73 Å². The maximum atomic E-state index is 12.9. The van der Waals surface area contributed by atoms with E-state index in [9.17, 15) is 14.4 Å². The topological polar surface area (TPSA) is 86.2 Å². The second kappa shape index (κ2) is 7.08. The monoisotopic (exact) mass is 381 g/mol. The molecule has 0 saturated heterocycles. The molecule has 3 aromatic heterocycles. The van der Waals surface area contributed by atoms with E-state index in [2.05, 4.69) is 5.32 Å². The minimum Gasteiger partial charge on any atom is -0.467 e. The van der Waals surface area contributed by atoms with Crippen LogP contribution >= 0.6 is 11.3 Å². The summed E-state index contributed by atoms with van der Waals surface area (Å²) in [5.74, 6) is 0.143. The van der Waals surface area contributed by atoms with Crippen LogP contribution in [0.2, 0.25) is 0 Å². The van der Waals surface area contributed by atoms with Gasteiger partial charge >= 0.3 is 5.69 Å². The highest BCUT2D eigenvalue weighted by molar-refractivity contribution is 7.17. The van der Waals surface area contributed by atoms with Gasteiger partial charge in [0.15, 0.2) is 0 Å². The minimum atomic E-state index is -0.550. The van der Waals surface area contributed by atoms with Crippen LogP contribution in [0.3, 0.4) is 0 Å². The van der Waals surface area contributed by atoms with E-state index in [0.717, 1.165) is 4.57 Å². The number of thiophene rings is 1. The Morgan fingerprint density at radius 1 is 1.04 bits per heavy atom. The summed E-state index contributed by atoms with van der Waals surface area (Å²) in [6.07, 6.45) is 1.48. The highest BCUT2D eigenvalue weighted by Gasteiger charge is 2.17. The molecule has 0 atom stereocenters. The van der Waals surface area contributed by atoms with Gasteiger partial charge in [-0.05, 0) is 35.7 Å². The van der Waals surface area contributed by atoms with Crippen LogP contribution in [0.5, 0.6) is 0 Å². The lowest BCUT2D eigenvalue weighted by Crippen LogP contribution is -2.41. The maximum absolute atomic E-state index is 12.9. The Kier molecular flexibility index (Phi) is 4.47. The van der Waals surface area contributed by atoms with Crippen LogP contribution in [0.25, 0.3) is 10.2 Å². The molecule has 1 N–H and O–H groups in total. The zero-order valence-electron chi connectivity index (χ0n) is 14.1. The van der Waals surface area contributed by atoms with Crippen molar-refractivity contribution in [3.05, 3.63) is 86.8 Å². The predicted octanol–water partition coefficient (Wildman–Crippen LogP) is 2.50. The van der Waals surface area contributed by atoms with Gasteiger partial charge in [-0.1, -0.05) is 18.2 Å². The molecule has 0 spiro atoms. The molecule has 4 aromatic rings. The average molecular weight is 381 g/mol. The van der Waals surface area contributed by atoms with E-state index in [-0.39, 0.29) is 24.6 Å². The predicted molar refractivity (Wildman–Crippen MR) is 103 cm³/mol. The van der Waals surface area contributed by atoms with Crippen LogP contribution in [0.15, 0.2) is 74.2 Å². The first-order valence-corrected chi connectivity index (χ1v) is 9.09. The molecule has 0 radical (unpaired) electrons. The van der Waals surface area contributed by atoms with E-state index >= 15 is 0 Å². The fourth-order valence-corrected chi connectivity index (χ4v) is 3.69. The molecule has 27 heavy (non-hydrogen) atoms. The van der Waals surface area contributed by atoms with Crippen LogP contribution < -0.4 is 16.6 Å². The first kappa shape index (κ1) is 17.0. The zero-order chi connectivity index (χ0) is 18.8. The van der Waals surface area contributed by atoms with Crippen molar-refractivity contribution in [2.24, 2.45) is 0 Å². The summed E-state index contributed by atoms with van der Waals surface area (Å²) in [5, 5.41) is 4.48. The number of aromatic nitrogens is 2. The smallest absolute Gasteiger partial charge is 0.332 e. The Balaban J connectivity index is 1.73. The lowest BCUT2D eigenvalue weighted by molar-refractivity contribution is -0.116. The molecule has 0 aliphatic carbocycles. The minimum absolute atomic E-state index is 0.0127. The van der Waals surface area contributed by atoms with E-state index in [1.807, 2.05) is 18.2 Å². The van der Waals surface area contributed by atoms with Gasteiger partial charge in [-0.25, -0.2) is 4.79 Å². The largest absolute Gasteiger partial charge is 0.467 e. The van der Waals surface area contributed by atoms with Crippen LogP contribution in [-0.2, 0) is 17.9 Å². The number of nitrogens with zero attached hydrogens (tertiary/aromatic N) is 2. The van der Waals surface area contributed by atoms with Gasteiger partial charge in [0, 0.05) is 5.69 Å². The van der Waals surface area contributed by atoms with Gasteiger partial charge in [-0.15, -0.1) is 11.3 Å².